The number of aliphatic carboxylic acids is 7. The Kier molecular flexibility index (Phi) is 213. The molecule has 0 unspecified atom stereocenters. The first-order chi connectivity index (χ1) is 42.0. The maximum absolute atomic E-state index is 10.0. The van der Waals surface area contributed by atoms with Gasteiger partial charge in [-0.05, 0) is 46.5 Å². The molecule has 1 aromatic carbocycles. The molecule has 2 aliphatic rings. The number of rotatable bonds is 18. The third-order valence-corrected chi connectivity index (χ3v) is 9.63. The van der Waals surface area contributed by atoms with E-state index in [0.29, 0.717) is 37.7 Å². The Morgan fingerprint density at radius 3 is 0.753 bits per heavy atom. The quantitative estimate of drug-likeness (QED) is 0.0371. The number of nitrogens with two attached hydrogens (primary N) is 6. The minimum absolute atomic E-state index is 0. The van der Waals surface area contributed by atoms with Crippen LogP contribution in [0.15, 0.2) is 36.9 Å². The van der Waals surface area contributed by atoms with E-state index in [1.807, 2.05) is 37.3 Å². The summed E-state index contributed by atoms with van der Waals surface area (Å²) >= 11 is -2.36. The number of nitrogens with one attached hydrogen (secondary N) is 2. The van der Waals surface area contributed by atoms with Gasteiger partial charge in [0.1, 0.15) is 5.76 Å². The van der Waals surface area contributed by atoms with Crippen molar-refractivity contribution >= 4 is 142 Å². The number of carbonyl (C=O) groups is 7. The Morgan fingerprint density at radius 2 is 0.649 bits per heavy atom. The van der Waals surface area contributed by atoms with E-state index in [2.05, 4.69) is 41.2 Å². The number of carboxylic acids is 7. The van der Waals surface area contributed by atoms with Crippen molar-refractivity contribution < 1.29 is 173 Å². The molecule has 0 amide bonds. The molecule has 610 valence electrons. The SMILES string of the molecule is C=C(O)c1ccccc1.CC(C)(C)C(=O)O.CCC(=O)O.CCCCCC(=O)O.CCCCCC(=O)O.CCCCCC(=O)O.CCCO.CO.O.O=C(O)CCC(=O)O.[CH2-][C@@H]1CCCC[C@H]1[NH-].[CH2-][C@@H]1CCCC[C@H]1[NH-].[Cl][Pt+2][Cl].[Cl][Pt+2][Cl].[Cl][Pt+2][Cl].[Cl][Pt+2][Cl].[Cl][Pt+2][Cl].[NH2-].[NH2-].[NH2-].[NH2-].[NH2-].[NH2-]. The van der Waals surface area contributed by atoms with E-state index in [1.165, 1.54) is 38.5 Å². The zero-order chi connectivity index (χ0) is 73.8. The Labute approximate surface area is 664 Å². The van der Waals surface area contributed by atoms with Crippen LogP contribution in [0.3, 0.4) is 0 Å². The molecule has 0 saturated heterocycles. The molecular formula is C56H118Cl10N8O18Pt5. The van der Waals surface area contributed by atoms with Gasteiger partial charge in [0, 0.05) is 45.0 Å². The van der Waals surface area contributed by atoms with Crippen molar-refractivity contribution in [1.82, 2.24) is 0 Å². The van der Waals surface area contributed by atoms with Crippen molar-refractivity contribution in [3.8, 4) is 0 Å². The molecule has 4 atom stereocenters. The summed E-state index contributed by atoms with van der Waals surface area (Å²) in [5.74, 6) is -4.74. The fraction of sp³-hybridized carbons (Fsp3) is 0.696. The van der Waals surface area contributed by atoms with Crippen molar-refractivity contribution in [2.75, 3.05) is 13.7 Å². The summed E-state index contributed by atoms with van der Waals surface area (Å²) < 4.78 is 0. The van der Waals surface area contributed by atoms with Crippen LogP contribution in [0.5, 0.6) is 0 Å². The standard InChI is InChI=1S/C8H8O.2C7H13N.3C6H12O2.C5H10O2.C4H6O4.C3H6O2.C3H8O.CH4O.10ClH.6H2N.H2O.5Pt/c1-7(9)8-5-3-2-4-6-8;2*1-6-4-2-3-5-7(6)8;3*1-2-3-4-5-6(7)8;1-5(2,3)4(6)7;5-3(6)1-2-4(7)8;1-2-3(4)5;1-2-3-4;1-2;;;;;;;;;;;;;;;;;;;;;;/h2-6,9H,1H2;2*6-8H,1-5H2;3*2-5H2,1H3,(H,7,8);1-3H3,(H,6,7);1-2H2,(H,5,6)(H,7,8);2H2,1H3,(H,4,5);4H,2-3H2,1H3;2H,1H3;10*1H;7*1H2;;;;;/q;2*-2;;;;;;;;;;;;;;;;;;;6*-1;;5*+4/p-10/t;2*6-,7-;;;;;;;;;;;;;;;;;;;;;;;;;;;;;;/m.11............................../s1. The van der Waals surface area contributed by atoms with Gasteiger partial charge in [-0.25, -0.2) is 0 Å². The maximum Gasteiger partial charge on any atom is -0.693 e. The molecule has 3 rings (SSSR count). The zero-order valence-corrected chi connectivity index (χ0v) is 75.6. The first-order valence-corrected chi connectivity index (χ1v) is 55.4. The normalized spacial score (nSPS) is 13.0. The number of hydrogen-bond acceptors (Lipinski definition) is 10. The molecule has 0 bridgehead atoms. The number of carboxylic acid groups (broad SMARTS) is 7. The van der Waals surface area contributed by atoms with Crippen LogP contribution in [-0.4, -0.2) is 124 Å². The predicted octanol–water partition coefficient (Wildman–Crippen LogP) is 23.9. The van der Waals surface area contributed by atoms with Gasteiger partial charge < -0.3 is 119 Å². The van der Waals surface area contributed by atoms with Gasteiger partial charge in [0.2, 0.25) is 0 Å². The van der Waals surface area contributed by atoms with Crippen LogP contribution in [0.2, 0.25) is 0 Å². The third kappa shape index (κ3) is 214. The zero-order valence-electron chi connectivity index (χ0n) is 56.6. The third-order valence-electron chi connectivity index (χ3n) is 9.63. The average Bonchev–Trinajstić information content (AvgIpc) is 3.70. The van der Waals surface area contributed by atoms with Gasteiger partial charge >= 0.3 is 218 Å². The van der Waals surface area contributed by atoms with Crippen LogP contribution >= 0.6 is 94.2 Å². The van der Waals surface area contributed by atoms with Crippen LogP contribution in [0.25, 0.3) is 54.1 Å². The van der Waals surface area contributed by atoms with E-state index in [1.54, 1.807) is 27.7 Å². The van der Waals surface area contributed by atoms with E-state index >= 15 is 0 Å². The second kappa shape index (κ2) is 136. The van der Waals surface area contributed by atoms with Crippen molar-refractivity contribution in [3.05, 3.63) is 105 Å². The molecule has 0 radical (unpaired) electrons. The summed E-state index contributed by atoms with van der Waals surface area (Å²) in [5.41, 5.74) is 15.0. The van der Waals surface area contributed by atoms with Crippen molar-refractivity contribution in [2.24, 2.45) is 17.3 Å². The van der Waals surface area contributed by atoms with E-state index in [0.717, 1.165) is 89.7 Å². The summed E-state index contributed by atoms with van der Waals surface area (Å²) in [4.78, 5) is 68.3. The van der Waals surface area contributed by atoms with Crippen LogP contribution in [-0.2, 0) is 116 Å². The van der Waals surface area contributed by atoms with Crippen molar-refractivity contribution in [2.45, 2.75) is 222 Å². The molecule has 26 N–H and O–H groups in total. The van der Waals surface area contributed by atoms with Crippen molar-refractivity contribution in [1.29, 1.82) is 0 Å². The second-order valence-corrected chi connectivity index (χ2v) is 34.6. The van der Waals surface area contributed by atoms with Gasteiger partial charge in [-0.1, -0.05) is 161 Å². The second-order valence-electron chi connectivity index (χ2n) is 18.2. The van der Waals surface area contributed by atoms with Gasteiger partial charge in [-0.3, -0.25) is 33.6 Å². The van der Waals surface area contributed by atoms with Gasteiger partial charge in [0.25, 0.3) is 0 Å². The fourth-order valence-electron chi connectivity index (χ4n) is 4.84. The molecule has 1 aromatic rings. The topological polar surface area (TPSA) is 602 Å². The number of aliphatic hydroxyl groups excluding tert-OH is 3. The Morgan fingerprint density at radius 1 is 0.454 bits per heavy atom. The molecule has 0 spiro atoms. The summed E-state index contributed by atoms with van der Waals surface area (Å²) in [6, 6.07) is 9.51. The predicted molar refractivity (Wildman–Crippen MR) is 393 cm³/mol. The van der Waals surface area contributed by atoms with Gasteiger partial charge in [-0.2, -0.15) is 23.9 Å². The maximum atomic E-state index is 10.0. The minimum atomic E-state index is -1.08. The van der Waals surface area contributed by atoms with Gasteiger partial charge in [0.15, 0.2) is 0 Å². The number of unbranched alkanes of at least 4 members (excludes halogenated alkanes) is 6. The van der Waals surface area contributed by atoms with E-state index in [4.69, 9.17) is 157 Å². The summed E-state index contributed by atoms with van der Waals surface area (Å²) in [7, 11) is 49.8. The van der Waals surface area contributed by atoms with Crippen LogP contribution < -0.4 is 0 Å². The number of aliphatic hydroxyl groups is 3. The Balaban J connectivity index is -0.0000000366. The molecule has 2 fully saturated rings. The number of hydrogen-bond donors (Lipinski definition) is 10. The molecule has 2 aliphatic carbocycles. The minimum Gasteiger partial charge on any atom is -0.693 e. The monoisotopic (exact) mass is 2520 g/mol. The molecule has 2 saturated carbocycles. The smallest absolute Gasteiger partial charge is 0.693 e. The molecule has 97 heavy (non-hydrogen) atoms. The van der Waals surface area contributed by atoms with Crippen LogP contribution in [0, 0.1) is 31.1 Å². The first-order valence-electron chi connectivity index (χ1n) is 27.3. The molecule has 0 heterocycles. The summed E-state index contributed by atoms with van der Waals surface area (Å²) in [6.07, 6.45) is 19.9. The molecule has 26 nitrogen and oxygen atoms in total. The Hall–Kier alpha value is 0.952. The Bertz CT molecular complexity index is 1560. The van der Waals surface area contributed by atoms with E-state index in [-0.39, 0.29) is 79.5 Å². The summed E-state index contributed by atoms with van der Waals surface area (Å²) in [5, 5.41) is 79.9. The van der Waals surface area contributed by atoms with Crippen molar-refractivity contribution in [3.63, 3.8) is 0 Å². The summed E-state index contributed by atoms with van der Waals surface area (Å²) in [6.45, 7) is 26.2. The molecule has 0 aromatic heterocycles. The van der Waals surface area contributed by atoms with Gasteiger partial charge in [-0.15, -0.1) is 0 Å². The van der Waals surface area contributed by atoms with Crippen LogP contribution in [0.4, 0.5) is 0 Å². The van der Waals surface area contributed by atoms with Gasteiger partial charge in [0.05, 0.1) is 18.3 Å². The van der Waals surface area contributed by atoms with E-state index in [9.17, 15) is 33.6 Å². The van der Waals surface area contributed by atoms with Crippen LogP contribution in [0.1, 0.15) is 215 Å². The fourth-order valence-corrected chi connectivity index (χ4v) is 4.84. The van der Waals surface area contributed by atoms with E-state index < -0.39 is 130 Å². The number of benzene rings is 1. The molecule has 0 aliphatic heterocycles. The first kappa shape index (κ1) is 152. The molecule has 41 heteroatoms. The average molecular weight is 2520 g/mol. The number of halogens is 10. The molecular weight excluding hydrogens is 2400 g/mol. The largest absolute Gasteiger partial charge is 0.693 e.